The van der Waals surface area contributed by atoms with Crippen LogP contribution in [0.25, 0.3) is 20.7 Å². The van der Waals surface area contributed by atoms with Crippen LogP contribution in [0.3, 0.4) is 0 Å². The van der Waals surface area contributed by atoms with Crippen molar-refractivity contribution in [2.24, 2.45) is 5.73 Å². The lowest BCUT2D eigenvalue weighted by Gasteiger charge is -2.08. The Balaban J connectivity index is 2.26. The Kier molecular flexibility index (Phi) is 3.84. The fourth-order valence-electron chi connectivity index (χ4n) is 2.50. The van der Waals surface area contributed by atoms with E-state index in [0.717, 1.165) is 20.1 Å². The van der Waals surface area contributed by atoms with Crippen molar-refractivity contribution in [3.8, 4) is 10.4 Å². The largest absolute Gasteiger partial charge is 0.370 e. The van der Waals surface area contributed by atoms with Gasteiger partial charge in [-0.2, -0.15) is 0 Å². The topological polar surface area (TPSA) is 78.0 Å². The van der Waals surface area contributed by atoms with E-state index in [1.54, 1.807) is 18.3 Å². The zero-order valence-corrected chi connectivity index (χ0v) is 13.9. The molecule has 0 aromatic carbocycles. The summed E-state index contributed by atoms with van der Waals surface area (Å²) in [5.41, 5.74) is 6.05. The maximum Gasteiger partial charge on any atom is 0.262 e. The predicted octanol–water partition coefficient (Wildman–Crippen LogP) is 2.68. The molecule has 0 saturated carbocycles. The molecule has 0 aliphatic carbocycles. The Labute approximate surface area is 135 Å². The number of thiophene rings is 2. The van der Waals surface area contributed by atoms with Gasteiger partial charge in [0, 0.05) is 28.3 Å². The second-order valence-corrected chi connectivity index (χ2v) is 7.17. The van der Waals surface area contributed by atoms with Gasteiger partial charge in [-0.15, -0.1) is 22.7 Å². The van der Waals surface area contributed by atoms with Crippen LogP contribution in [0.5, 0.6) is 0 Å². The van der Waals surface area contributed by atoms with E-state index in [1.165, 1.54) is 15.9 Å². The van der Waals surface area contributed by atoms with E-state index >= 15 is 0 Å². The van der Waals surface area contributed by atoms with E-state index in [1.807, 2.05) is 24.4 Å². The van der Waals surface area contributed by atoms with E-state index in [-0.39, 0.29) is 18.5 Å². The van der Waals surface area contributed by atoms with E-state index in [2.05, 4.69) is 4.98 Å². The van der Waals surface area contributed by atoms with Crippen LogP contribution >= 0.6 is 22.7 Å². The van der Waals surface area contributed by atoms with Crippen LogP contribution in [-0.2, 0) is 11.3 Å². The third-order valence-corrected chi connectivity index (χ3v) is 5.41. The summed E-state index contributed by atoms with van der Waals surface area (Å²) in [6.45, 7) is 4.05. The Morgan fingerprint density at radius 2 is 2.18 bits per heavy atom. The predicted molar refractivity (Wildman–Crippen MR) is 90.5 cm³/mol. The van der Waals surface area contributed by atoms with E-state index in [0.29, 0.717) is 11.2 Å². The molecule has 3 rings (SSSR count). The van der Waals surface area contributed by atoms with Crippen LogP contribution in [0.1, 0.15) is 17.1 Å². The highest BCUT2D eigenvalue weighted by Crippen LogP contribution is 2.37. The molecule has 0 bridgehead atoms. The highest BCUT2D eigenvalue weighted by molar-refractivity contribution is 7.20. The summed E-state index contributed by atoms with van der Waals surface area (Å²) in [5.74, 6) is 0.184. The molecule has 0 aliphatic heterocycles. The second-order valence-electron chi connectivity index (χ2n) is 5.02. The number of primary amides is 1. The number of hydrogen-bond acceptors (Lipinski definition) is 5. The van der Waals surface area contributed by atoms with Crippen LogP contribution in [0, 0.1) is 13.8 Å². The SMILES string of the molecule is Cc1sc2nc(C)n(CCC(N)=O)c(=O)c2c1-c1cccs1. The smallest absolute Gasteiger partial charge is 0.262 e. The number of carbonyl (C=O) groups is 1. The molecule has 0 fully saturated rings. The quantitative estimate of drug-likeness (QED) is 0.797. The number of hydrogen-bond donors (Lipinski definition) is 1. The molecular weight excluding hydrogens is 318 g/mol. The summed E-state index contributed by atoms with van der Waals surface area (Å²) in [5, 5.41) is 2.63. The monoisotopic (exact) mass is 333 g/mol. The molecule has 3 heterocycles. The van der Waals surface area contributed by atoms with Crippen LogP contribution in [0.15, 0.2) is 22.3 Å². The second kappa shape index (κ2) is 5.66. The van der Waals surface area contributed by atoms with Crippen molar-refractivity contribution in [2.45, 2.75) is 26.8 Å². The standard InChI is InChI=1S/C15H15N3O2S2/c1-8-12(10-4-3-7-21-10)13-14(22-8)17-9(2)18(15(13)20)6-5-11(16)19/h3-4,7H,5-6H2,1-2H3,(H2,16,19). The van der Waals surface area contributed by atoms with Crippen molar-refractivity contribution in [3.05, 3.63) is 38.6 Å². The fraction of sp³-hybridized carbons (Fsp3) is 0.267. The van der Waals surface area contributed by atoms with Gasteiger partial charge >= 0.3 is 0 Å². The summed E-state index contributed by atoms with van der Waals surface area (Å²) >= 11 is 3.13. The van der Waals surface area contributed by atoms with Gasteiger partial charge in [-0.25, -0.2) is 4.98 Å². The highest BCUT2D eigenvalue weighted by atomic mass is 32.1. The third kappa shape index (κ3) is 2.46. The van der Waals surface area contributed by atoms with Crippen molar-refractivity contribution < 1.29 is 4.79 Å². The number of amides is 1. The molecule has 22 heavy (non-hydrogen) atoms. The molecule has 0 spiro atoms. The van der Waals surface area contributed by atoms with Crippen molar-refractivity contribution >= 4 is 38.8 Å². The van der Waals surface area contributed by atoms with Crippen molar-refractivity contribution in [1.82, 2.24) is 9.55 Å². The maximum atomic E-state index is 12.9. The van der Waals surface area contributed by atoms with Crippen molar-refractivity contribution in [2.75, 3.05) is 0 Å². The van der Waals surface area contributed by atoms with Gasteiger partial charge in [0.05, 0.1) is 5.39 Å². The summed E-state index contributed by atoms with van der Waals surface area (Å²) in [6, 6.07) is 3.97. The lowest BCUT2D eigenvalue weighted by molar-refractivity contribution is -0.118. The lowest BCUT2D eigenvalue weighted by atomic mass is 10.1. The molecule has 0 unspecified atom stereocenters. The molecule has 0 saturated heterocycles. The minimum atomic E-state index is -0.425. The summed E-state index contributed by atoms with van der Waals surface area (Å²) in [4.78, 5) is 31.3. The third-order valence-electron chi connectivity index (χ3n) is 3.53. The maximum absolute atomic E-state index is 12.9. The zero-order chi connectivity index (χ0) is 15.9. The number of aromatic nitrogens is 2. The molecule has 3 aromatic rings. The van der Waals surface area contributed by atoms with Gasteiger partial charge in [-0.05, 0) is 25.3 Å². The van der Waals surface area contributed by atoms with Gasteiger partial charge in [0.15, 0.2) is 0 Å². The zero-order valence-electron chi connectivity index (χ0n) is 12.3. The normalized spacial score (nSPS) is 11.2. The first-order valence-electron chi connectivity index (χ1n) is 6.81. The first-order valence-corrected chi connectivity index (χ1v) is 8.51. The van der Waals surface area contributed by atoms with Crippen LogP contribution in [-0.4, -0.2) is 15.5 Å². The van der Waals surface area contributed by atoms with Gasteiger partial charge in [-0.3, -0.25) is 14.2 Å². The summed E-state index contributed by atoms with van der Waals surface area (Å²) in [6.07, 6.45) is 0.130. The van der Waals surface area contributed by atoms with E-state index in [4.69, 9.17) is 5.73 Å². The Morgan fingerprint density at radius 1 is 1.41 bits per heavy atom. The van der Waals surface area contributed by atoms with E-state index in [9.17, 15) is 9.59 Å². The summed E-state index contributed by atoms with van der Waals surface area (Å²) < 4.78 is 1.54. The number of carbonyl (C=O) groups excluding carboxylic acids is 1. The van der Waals surface area contributed by atoms with Crippen LogP contribution in [0.2, 0.25) is 0 Å². The molecule has 3 aromatic heterocycles. The molecule has 0 atom stereocenters. The minimum absolute atomic E-state index is 0.100. The molecule has 1 amide bonds. The number of fused-ring (bicyclic) bond motifs is 1. The Morgan fingerprint density at radius 3 is 2.82 bits per heavy atom. The molecule has 2 N–H and O–H groups in total. The van der Waals surface area contributed by atoms with Crippen molar-refractivity contribution in [3.63, 3.8) is 0 Å². The number of aryl methyl sites for hydroxylation is 2. The van der Waals surface area contributed by atoms with Gasteiger partial charge in [0.2, 0.25) is 5.91 Å². The first-order chi connectivity index (χ1) is 10.5. The lowest BCUT2D eigenvalue weighted by Crippen LogP contribution is -2.26. The molecule has 7 heteroatoms. The molecule has 0 radical (unpaired) electrons. The van der Waals surface area contributed by atoms with Crippen LogP contribution in [0.4, 0.5) is 0 Å². The Bertz CT molecular complexity index is 907. The number of rotatable bonds is 4. The van der Waals surface area contributed by atoms with Crippen LogP contribution < -0.4 is 11.3 Å². The van der Waals surface area contributed by atoms with Gasteiger partial charge in [-0.1, -0.05) is 6.07 Å². The first kappa shape index (κ1) is 14.9. The fourth-order valence-corrected chi connectivity index (χ4v) is 4.47. The van der Waals surface area contributed by atoms with E-state index < -0.39 is 5.91 Å². The minimum Gasteiger partial charge on any atom is -0.370 e. The molecule has 0 aliphatic rings. The highest BCUT2D eigenvalue weighted by Gasteiger charge is 2.19. The number of nitrogens with zero attached hydrogens (tertiary/aromatic N) is 2. The van der Waals surface area contributed by atoms with Crippen molar-refractivity contribution in [1.29, 1.82) is 0 Å². The average Bonchev–Trinajstić information content (AvgIpc) is 3.04. The van der Waals surface area contributed by atoms with Gasteiger partial charge in [0.25, 0.3) is 5.56 Å². The Hall–Kier alpha value is -1.99. The molecule has 114 valence electrons. The van der Waals surface area contributed by atoms with Gasteiger partial charge in [0.1, 0.15) is 10.7 Å². The number of nitrogens with two attached hydrogens (primary N) is 1. The molecule has 5 nitrogen and oxygen atoms in total. The molecular formula is C15H15N3O2S2. The van der Waals surface area contributed by atoms with Gasteiger partial charge < -0.3 is 5.73 Å². The summed E-state index contributed by atoms with van der Waals surface area (Å²) in [7, 11) is 0. The average molecular weight is 333 g/mol.